The summed E-state index contributed by atoms with van der Waals surface area (Å²) in [6, 6.07) is 11.3. The van der Waals surface area contributed by atoms with Gasteiger partial charge in [0, 0.05) is 25.8 Å². The highest BCUT2D eigenvalue weighted by molar-refractivity contribution is 6.04. The number of rotatable bonds is 8. The summed E-state index contributed by atoms with van der Waals surface area (Å²) in [7, 11) is 1.60. The van der Waals surface area contributed by atoms with Gasteiger partial charge in [0.05, 0.1) is 18.5 Å². The monoisotopic (exact) mass is 434 g/mol. The largest absolute Gasteiger partial charge is 0.452 e. The van der Waals surface area contributed by atoms with E-state index in [0.29, 0.717) is 31.1 Å². The maximum Gasteiger partial charge on any atom is 0.452 e. The molecule has 3 aromatic rings. The Hall–Kier alpha value is -3.40. The molecule has 164 valence electrons. The standard InChI is InChI=1S/C21H21F3N4O3/c1-3-28(11-12-30-2)16-10-9-15(13-25-16)26-19(29)17-18(21(22,23)24)31-20(27-17)14-7-5-4-6-8-14/h4-10,13H,3,11-12H2,1-2H3,(H,26,29). The van der Waals surface area contributed by atoms with Gasteiger partial charge in [0.25, 0.3) is 5.91 Å². The lowest BCUT2D eigenvalue weighted by Gasteiger charge is -2.21. The van der Waals surface area contributed by atoms with Crippen LogP contribution < -0.4 is 10.2 Å². The van der Waals surface area contributed by atoms with Crippen LogP contribution in [0, 0.1) is 0 Å². The van der Waals surface area contributed by atoms with Gasteiger partial charge in [-0.15, -0.1) is 0 Å². The molecule has 2 heterocycles. The number of hydrogen-bond donors (Lipinski definition) is 1. The van der Waals surface area contributed by atoms with Gasteiger partial charge < -0.3 is 19.4 Å². The number of aromatic nitrogens is 2. The molecule has 0 saturated carbocycles. The fourth-order valence-corrected chi connectivity index (χ4v) is 2.84. The molecule has 2 aromatic heterocycles. The summed E-state index contributed by atoms with van der Waals surface area (Å²) in [6.07, 6.45) is -3.51. The number of likely N-dealkylation sites (N-methyl/N-ethyl adjacent to an activating group) is 1. The number of carbonyl (C=O) groups is 1. The number of amides is 1. The van der Waals surface area contributed by atoms with Gasteiger partial charge in [0.15, 0.2) is 5.69 Å². The number of anilines is 2. The summed E-state index contributed by atoms with van der Waals surface area (Å²) in [4.78, 5) is 22.6. The van der Waals surface area contributed by atoms with E-state index in [4.69, 9.17) is 9.15 Å². The van der Waals surface area contributed by atoms with Crippen LogP contribution in [0.3, 0.4) is 0 Å². The normalized spacial score (nSPS) is 11.4. The van der Waals surface area contributed by atoms with Gasteiger partial charge in [-0.05, 0) is 31.2 Å². The fraction of sp³-hybridized carbons (Fsp3) is 0.286. The maximum absolute atomic E-state index is 13.4. The maximum atomic E-state index is 13.4. The molecule has 0 aliphatic carbocycles. The molecule has 0 fully saturated rings. The van der Waals surface area contributed by atoms with Crippen LogP contribution >= 0.6 is 0 Å². The van der Waals surface area contributed by atoms with Gasteiger partial charge in [-0.1, -0.05) is 18.2 Å². The smallest absolute Gasteiger partial charge is 0.431 e. The molecule has 1 amide bonds. The van der Waals surface area contributed by atoms with Crippen LogP contribution in [-0.4, -0.2) is 42.7 Å². The van der Waals surface area contributed by atoms with Crippen molar-refractivity contribution < 1.29 is 27.1 Å². The van der Waals surface area contributed by atoms with E-state index in [1.165, 1.54) is 6.20 Å². The highest BCUT2D eigenvalue weighted by atomic mass is 19.4. The van der Waals surface area contributed by atoms with Gasteiger partial charge in [0.2, 0.25) is 11.7 Å². The average Bonchev–Trinajstić information content (AvgIpc) is 3.22. The van der Waals surface area contributed by atoms with Crippen molar-refractivity contribution in [2.75, 3.05) is 37.0 Å². The lowest BCUT2D eigenvalue weighted by atomic mass is 10.2. The zero-order chi connectivity index (χ0) is 22.4. The predicted octanol–water partition coefficient (Wildman–Crippen LogP) is 4.48. The summed E-state index contributed by atoms with van der Waals surface area (Å²) in [5.74, 6) is -2.13. The first kappa shape index (κ1) is 22.3. The Morgan fingerprint density at radius 2 is 1.94 bits per heavy atom. The Labute approximate surface area is 176 Å². The van der Waals surface area contributed by atoms with E-state index in [2.05, 4.69) is 15.3 Å². The van der Waals surface area contributed by atoms with E-state index in [-0.39, 0.29) is 11.6 Å². The van der Waals surface area contributed by atoms with Crippen LogP contribution in [-0.2, 0) is 10.9 Å². The van der Waals surface area contributed by atoms with Crippen molar-refractivity contribution in [1.82, 2.24) is 9.97 Å². The molecule has 3 rings (SSSR count). The number of carbonyl (C=O) groups excluding carboxylic acids is 1. The van der Waals surface area contributed by atoms with Crippen LogP contribution in [0.25, 0.3) is 11.5 Å². The van der Waals surface area contributed by atoms with Crippen molar-refractivity contribution in [2.45, 2.75) is 13.1 Å². The third kappa shape index (κ3) is 5.40. The van der Waals surface area contributed by atoms with E-state index in [9.17, 15) is 18.0 Å². The Balaban J connectivity index is 1.82. The van der Waals surface area contributed by atoms with E-state index < -0.39 is 23.5 Å². The molecule has 0 radical (unpaired) electrons. The number of oxazole rings is 1. The molecule has 31 heavy (non-hydrogen) atoms. The van der Waals surface area contributed by atoms with Crippen molar-refractivity contribution in [3.05, 3.63) is 60.1 Å². The minimum Gasteiger partial charge on any atom is -0.431 e. The van der Waals surface area contributed by atoms with Gasteiger partial charge >= 0.3 is 6.18 Å². The van der Waals surface area contributed by atoms with Gasteiger partial charge in [-0.2, -0.15) is 13.2 Å². The lowest BCUT2D eigenvalue weighted by Crippen LogP contribution is -2.27. The highest BCUT2D eigenvalue weighted by Crippen LogP contribution is 2.35. The van der Waals surface area contributed by atoms with Gasteiger partial charge in [-0.3, -0.25) is 4.79 Å². The Morgan fingerprint density at radius 1 is 1.19 bits per heavy atom. The Morgan fingerprint density at radius 3 is 2.52 bits per heavy atom. The second kappa shape index (κ2) is 9.61. The molecule has 0 aliphatic rings. The molecule has 1 aromatic carbocycles. The number of ether oxygens (including phenoxy) is 1. The van der Waals surface area contributed by atoms with Crippen molar-refractivity contribution in [1.29, 1.82) is 0 Å². The molecule has 10 heteroatoms. The third-order valence-electron chi connectivity index (χ3n) is 4.40. The van der Waals surface area contributed by atoms with Crippen LogP contribution in [0.1, 0.15) is 23.2 Å². The number of alkyl halides is 3. The first-order chi connectivity index (χ1) is 14.8. The molecule has 0 bridgehead atoms. The summed E-state index contributed by atoms with van der Waals surface area (Å²) >= 11 is 0. The minimum absolute atomic E-state index is 0.230. The van der Waals surface area contributed by atoms with E-state index in [0.717, 1.165) is 0 Å². The molecule has 7 nitrogen and oxygen atoms in total. The number of halogens is 3. The highest BCUT2D eigenvalue weighted by Gasteiger charge is 2.42. The van der Waals surface area contributed by atoms with Crippen LogP contribution in [0.15, 0.2) is 53.1 Å². The Bertz CT molecular complexity index is 1000. The molecule has 0 atom stereocenters. The van der Waals surface area contributed by atoms with E-state index in [1.54, 1.807) is 49.6 Å². The quantitative estimate of drug-likeness (QED) is 0.563. The second-order valence-corrected chi connectivity index (χ2v) is 6.49. The Kier molecular flexibility index (Phi) is 6.91. The summed E-state index contributed by atoms with van der Waals surface area (Å²) in [5.41, 5.74) is -0.284. The summed E-state index contributed by atoms with van der Waals surface area (Å²) < 4.78 is 50.2. The number of benzene rings is 1. The number of methoxy groups -OCH3 is 1. The SMILES string of the molecule is CCN(CCOC)c1ccc(NC(=O)c2nc(-c3ccccc3)oc2C(F)(F)F)cn1. The molecule has 0 saturated heterocycles. The van der Waals surface area contributed by atoms with Crippen molar-refractivity contribution in [3.8, 4) is 11.5 Å². The molecular formula is C21H21F3N4O3. The zero-order valence-electron chi connectivity index (χ0n) is 16.9. The topological polar surface area (TPSA) is 80.5 Å². The number of pyridine rings is 1. The molecule has 0 spiro atoms. The molecule has 1 N–H and O–H groups in total. The summed E-state index contributed by atoms with van der Waals surface area (Å²) in [5, 5.41) is 2.40. The molecule has 0 unspecified atom stereocenters. The summed E-state index contributed by atoms with van der Waals surface area (Å²) in [6.45, 7) is 3.80. The van der Waals surface area contributed by atoms with E-state index in [1.807, 2.05) is 11.8 Å². The minimum atomic E-state index is -4.88. The van der Waals surface area contributed by atoms with Crippen molar-refractivity contribution >= 4 is 17.4 Å². The first-order valence-electron chi connectivity index (χ1n) is 9.48. The fourth-order valence-electron chi connectivity index (χ4n) is 2.84. The lowest BCUT2D eigenvalue weighted by molar-refractivity contribution is -0.153. The van der Waals surface area contributed by atoms with Crippen molar-refractivity contribution in [2.24, 2.45) is 0 Å². The molecule has 0 aliphatic heterocycles. The second-order valence-electron chi connectivity index (χ2n) is 6.49. The average molecular weight is 434 g/mol. The van der Waals surface area contributed by atoms with Crippen LogP contribution in [0.4, 0.5) is 24.7 Å². The van der Waals surface area contributed by atoms with E-state index >= 15 is 0 Å². The predicted molar refractivity (Wildman–Crippen MR) is 109 cm³/mol. The third-order valence-corrected chi connectivity index (χ3v) is 4.40. The van der Waals surface area contributed by atoms with Gasteiger partial charge in [0.1, 0.15) is 5.82 Å². The zero-order valence-corrected chi connectivity index (χ0v) is 16.9. The molecular weight excluding hydrogens is 413 g/mol. The van der Waals surface area contributed by atoms with Crippen LogP contribution in [0.2, 0.25) is 0 Å². The first-order valence-corrected chi connectivity index (χ1v) is 9.48. The number of nitrogens with zero attached hydrogens (tertiary/aromatic N) is 3. The van der Waals surface area contributed by atoms with Gasteiger partial charge in [-0.25, -0.2) is 9.97 Å². The number of hydrogen-bond acceptors (Lipinski definition) is 6. The van der Waals surface area contributed by atoms with Crippen molar-refractivity contribution in [3.63, 3.8) is 0 Å². The van der Waals surface area contributed by atoms with Crippen LogP contribution in [0.5, 0.6) is 0 Å². The number of nitrogens with one attached hydrogen (secondary N) is 1.